The second-order valence-electron chi connectivity index (χ2n) is 5.23. The summed E-state index contributed by atoms with van der Waals surface area (Å²) in [7, 11) is -2.41. The van der Waals surface area contributed by atoms with Crippen LogP contribution in [0, 0.1) is 0 Å². The molecule has 0 aliphatic rings. The normalized spacial score (nSPS) is 11.2. The smallest absolute Gasteiger partial charge is 0.280 e. The highest BCUT2D eigenvalue weighted by atomic mass is 35.5. The Bertz CT molecular complexity index is 1060. The SMILES string of the molecule is COc1ccccc1-c1nc(NS(=O)(=O)c2cccc(N)n2)ccc1Cl. The molecule has 0 amide bonds. The second-order valence-corrected chi connectivity index (χ2v) is 7.27. The van der Waals surface area contributed by atoms with Crippen molar-refractivity contribution >= 4 is 33.3 Å². The third-order valence-corrected chi connectivity index (χ3v) is 5.03. The molecular formula is C17H15ClN4O3S. The Balaban J connectivity index is 2.00. The van der Waals surface area contributed by atoms with Crippen molar-refractivity contribution in [1.29, 1.82) is 0 Å². The molecule has 9 heteroatoms. The van der Waals surface area contributed by atoms with E-state index < -0.39 is 10.0 Å². The van der Waals surface area contributed by atoms with E-state index in [-0.39, 0.29) is 16.7 Å². The van der Waals surface area contributed by atoms with Gasteiger partial charge in [-0.1, -0.05) is 29.8 Å². The number of rotatable bonds is 5. The Kier molecular flexibility index (Phi) is 4.97. The summed E-state index contributed by atoms with van der Waals surface area (Å²) < 4.78 is 32.7. The lowest BCUT2D eigenvalue weighted by Crippen LogP contribution is -2.16. The minimum atomic E-state index is -3.94. The summed E-state index contributed by atoms with van der Waals surface area (Å²) in [6.45, 7) is 0. The lowest BCUT2D eigenvalue weighted by atomic mass is 10.1. The van der Waals surface area contributed by atoms with Crippen LogP contribution in [0.3, 0.4) is 0 Å². The number of hydrogen-bond donors (Lipinski definition) is 2. The first-order valence-corrected chi connectivity index (χ1v) is 9.32. The van der Waals surface area contributed by atoms with Crippen LogP contribution in [0.15, 0.2) is 59.6 Å². The Morgan fingerprint density at radius 1 is 1.04 bits per heavy atom. The summed E-state index contributed by atoms with van der Waals surface area (Å²) in [5.74, 6) is 0.769. The summed E-state index contributed by atoms with van der Waals surface area (Å²) in [6.07, 6.45) is 0. The molecule has 26 heavy (non-hydrogen) atoms. The number of hydrogen-bond acceptors (Lipinski definition) is 6. The molecule has 0 aliphatic heterocycles. The molecule has 0 radical (unpaired) electrons. The summed E-state index contributed by atoms with van der Waals surface area (Å²) in [5, 5.41) is 0.160. The van der Waals surface area contributed by atoms with Gasteiger partial charge in [-0.25, -0.2) is 9.97 Å². The van der Waals surface area contributed by atoms with Crippen molar-refractivity contribution in [3.8, 4) is 17.0 Å². The monoisotopic (exact) mass is 390 g/mol. The number of methoxy groups -OCH3 is 1. The van der Waals surface area contributed by atoms with Gasteiger partial charge in [-0.15, -0.1) is 0 Å². The van der Waals surface area contributed by atoms with Gasteiger partial charge in [0.25, 0.3) is 10.0 Å². The van der Waals surface area contributed by atoms with Gasteiger partial charge in [-0.2, -0.15) is 8.42 Å². The van der Waals surface area contributed by atoms with E-state index in [1.54, 1.807) is 18.2 Å². The van der Waals surface area contributed by atoms with Crippen LogP contribution in [0.25, 0.3) is 11.3 Å². The number of anilines is 2. The van der Waals surface area contributed by atoms with E-state index in [1.165, 1.54) is 31.4 Å². The molecular weight excluding hydrogens is 376 g/mol. The standard InChI is InChI=1S/C17H15ClN4O3S/c1-25-13-6-3-2-5-11(13)17-12(18)9-10-15(21-17)22-26(23,24)16-8-4-7-14(19)20-16/h2-10H,1H3,(H2,19,20)(H,21,22). The van der Waals surface area contributed by atoms with Crippen LogP contribution in [0.2, 0.25) is 5.02 Å². The third-order valence-electron chi connectivity index (χ3n) is 3.47. The largest absolute Gasteiger partial charge is 0.496 e. The van der Waals surface area contributed by atoms with E-state index >= 15 is 0 Å². The van der Waals surface area contributed by atoms with Gasteiger partial charge in [0.15, 0.2) is 5.03 Å². The zero-order valence-corrected chi connectivity index (χ0v) is 15.3. The van der Waals surface area contributed by atoms with E-state index in [0.717, 1.165) is 0 Å². The number of nitrogens with zero attached hydrogens (tertiary/aromatic N) is 2. The van der Waals surface area contributed by atoms with Crippen molar-refractivity contribution in [2.75, 3.05) is 17.6 Å². The van der Waals surface area contributed by atoms with E-state index in [9.17, 15) is 8.42 Å². The zero-order chi connectivity index (χ0) is 18.7. The highest BCUT2D eigenvalue weighted by Gasteiger charge is 2.18. The maximum atomic E-state index is 12.5. The first-order chi connectivity index (χ1) is 12.4. The van der Waals surface area contributed by atoms with Crippen molar-refractivity contribution in [3.63, 3.8) is 0 Å². The minimum Gasteiger partial charge on any atom is -0.496 e. The number of sulfonamides is 1. The average Bonchev–Trinajstić information content (AvgIpc) is 2.63. The van der Waals surface area contributed by atoms with Crippen LogP contribution in [-0.2, 0) is 10.0 Å². The lowest BCUT2D eigenvalue weighted by molar-refractivity contribution is 0.416. The van der Waals surface area contributed by atoms with Crippen LogP contribution in [0.1, 0.15) is 0 Å². The first-order valence-electron chi connectivity index (χ1n) is 7.46. The maximum absolute atomic E-state index is 12.5. The van der Waals surface area contributed by atoms with Crippen molar-refractivity contribution in [2.45, 2.75) is 5.03 Å². The Hall–Kier alpha value is -2.84. The molecule has 3 rings (SSSR count). The Labute approximate surface area is 155 Å². The summed E-state index contributed by atoms with van der Waals surface area (Å²) >= 11 is 6.24. The van der Waals surface area contributed by atoms with Crippen molar-refractivity contribution in [2.24, 2.45) is 0 Å². The van der Waals surface area contributed by atoms with Crippen LogP contribution < -0.4 is 15.2 Å². The van der Waals surface area contributed by atoms with Gasteiger partial charge in [0.1, 0.15) is 17.4 Å². The second kappa shape index (κ2) is 7.19. The molecule has 2 aromatic heterocycles. The Morgan fingerprint density at radius 3 is 2.54 bits per heavy atom. The molecule has 0 fully saturated rings. The third kappa shape index (κ3) is 3.71. The predicted molar refractivity (Wildman–Crippen MR) is 101 cm³/mol. The lowest BCUT2D eigenvalue weighted by Gasteiger charge is -2.12. The van der Waals surface area contributed by atoms with Crippen molar-refractivity contribution in [3.05, 3.63) is 59.6 Å². The molecule has 0 spiro atoms. The fourth-order valence-corrected chi connectivity index (χ4v) is 3.48. The van der Waals surface area contributed by atoms with Crippen LogP contribution in [-0.4, -0.2) is 25.5 Å². The molecule has 0 saturated carbocycles. The maximum Gasteiger partial charge on any atom is 0.280 e. The molecule has 0 atom stereocenters. The molecule has 0 unspecified atom stereocenters. The van der Waals surface area contributed by atoms with Gasteiger partial charge in [0.2, 0.25) is 0 Å². The molecule has 134 valence electrons. The van der Waals surface area contributed by atoms with Gasteiger partial charge in [0.05, 0.1) is 17.8 Å². The van der Waals surface area contributed by atoms with Gasteiger partial charge < -0.3 is 10.5 Å². The van der Waals surface area contributed by atoms with Gasteiger partial charge in [-0.3, -0.25) is 4.72 Å². The van der Waals surface area contributed by atoms with Gasteiger partial charge in [-0.05, 0) is 36.4 Å². The molecule has 0 saturated heterocycles. The highest BCUT2D eigenvalue weighted by Crippen LogP contribution is 2.34. The van der Waals surface area contributed by atoms with E-state index in [1.807, 2.05) is 12.1 Å². The predicted octanol–water partition coefficient (Wildman–Crippen LogP) is 3.19. The Morgan fingerprint density at radius 2 is 1.81 bits per heavy atom. The van der Waals surface area contributed by atoms with Crippen molar-refractivity contribution < 1.29 is 13.2 Å². The fraction of sp³-hybridized carbons (Fsp3) is 0.0588. The topological polar surface area (TPSA) is 107 Å². The molecule has 1 aromatic carbocycles. The fourth-order valence-electron chi connectivity index (χ4n) is 2.30. The number of pyridine rings is 2. The van der Waals surface area contributed by atoms with Gasteiger partial charge in [0, 0.05) is 5.56 Å². The average molecular weight is 391 g/mol. The van der Waals surface area contributed by atoms with Crippen LogP contribution in [0.4, 0.5) is 11.6 Å². The van der Waals surface area contributed by atoms with E-state index in [2.05, 4.69) is 14.7 Å². The number of nitrogens with two attached hydrogens (primary N) is 1. The number of aromatic nitrogens is 2. The first kappa shape index (κ1) is 18.0. The number of nitrogen functional groups attached to an aromatic ring is 1. The molecule has 3 aromatic rings. The zero-order valence-electron chi connectivity index (χ0n) is 13.7. The molecule has 2 heterocycles. The van der Waals surface area contributed by atoms with Gasteiger partial charge >= 0.3 is 0 Å². The van der Waals surface area contributed by atoms with Crippen LogP contribution >= 0.6 is 11.6 Å². The number of para-hydroxylation sites is 1. The number of nitrogens with one attached hydrogen (secondary N) is 1. The molecule has 7 nitrogen and oxygen atoms in total. The summed E-state index contributed by atoms with van der Waals surface area (Å²) in [6, 6.07) is 14.5. The highest BCUT2D eigenvalue weighted by molar-refractivity contribution is 7.92. The molecule has 3 N–H and O–H groups in total. The quantitative estimate of drug-likeness (QED) is 0.692. The summed E-state index contributed by atoms with van der Waals surface area (Å²) in [5.41, 5.74) is 6.59. The number of halogens is 1. The minimum absolute atomic E-state index is 0.0968. The van der Waals surface area contributed by atoms with E-state index in [0.29, 0.717) is 22.0 Å². The number of benzene rings is 1. The molecule has 0 bridgehead atoms. The molecule has 0 aliphatic carbocycles. The number of ether oxygens (including phenoxy) is 1. The summed E-state index contributed by atoms with van der Waals surface area (Å²) in [4.78, 5) is 8.14. The van der Waals surface area contributed by atoms with Crippen LogP contribution in [0.5, 0.6) is 5.75 Å². The van der Waals surface area contributed by atoms with Crippen molar-refractivity contribution in [1.82, 2.24) is 9.97 Å². The van der Waals surface area contributed by atoms with E-state index in [4.69, 9.17) is 22.1 Å².